The Kier molecular flexibility index (Phi) is 4.68. The molecule has 5 nitrogen and oxygen atoms in total. The smallest absolute Gasteiger partial charge is 0.228 e. The van der Waals surface area contributed by atoms with Crippen molar-refractivity contribution in [3.63, 3.8) is 0 Å². The van der Waals surface area contributed by atoms with Crippen LogP contribution in [0.3, 0.4) is 0 Å². The van der Waals surface area contributed by atoms with Crippen molar-refractivity contribution in [2.75, 3.05) is 0 Å². The van der Waals surface area contributed by atoms with Gasteiger partial charge in [0.25, 0.3) is 0 Å². The monoisotopic (exact) mass is 385 g/mol. The first kappa shape index (κ1) is 18.5. The van der Waals surface area contributed by atoms with Gasteiger partial charge in [0, 0.05) is 18.0 Å². The minimum Gasteiger partial charge on any atom is -0.228 e. The van der Waals surface area contributed by atoms with E-state index in [4.69, 9.17) is 0 Å². The van der Waals surface area contributed by atoms with Gasteiger partial charge in [0.2, 0.25) is 0 Å². The molecule has 0 unspecified atom stereocenters. The number of hydrogen-bond donors (Lipinski definition) is 0. The Morgan fingerprint density at radius 2 is 1.59 bits per heavy atom. The van der Waals surface area contributed by atoms with E-state index < -0.39 is 29.0 Å². The van der Waals surface area contributed by atoms with Crippen LogP contribution < -0.4 is 0 Å². The molecular weight excluding hydrogens is 376 g/mol. The summed E-state index contributed by atoms with van der Waals surface area (Å²) < 4.78 is 78.7. The molecule has 0 spiro atoms. The van der Waals surface area contributed by atoms with Crippen molar-refractivity contribution in [3.8, 4) is 11.4 Å². The van der Waals surface area contributed by atoms with Crippen LogP contribution in [0.1, 0.15) is 16.8 Å². The SMILES string of the molecule is FC(F)(F)c1cc(-c2ncn(C=Cc3cccnn3)n2)cc(C(F)(F)F)c1. The van der Waals surface area contributed by atoms with Gasteiger partial charge in [-0.05, 0) is 36.4 Å². The standard InChI is InChI=1S/C16H9F6N5/c17-15(18,19)11-6-10(7-12(8-11)16(20,21)22)14-23-9-27(26-14)5-3-13-2-1-4-24-25-13/h1-9H. The second-order valence-electron chi connectivity index (χ2n) is 5.31. The van der Waals surface area contributed by atoms with E-state index in [1.54, 1.807) is 12.1 Å². The summed E-state index contributed by atoms with van der Waals surface area (Å²) in [5.74, 6) is -0.282. The second-order valence-corrected chi connectivity index (χ2v) is 5.31. The lowest BCUT2D eigenvalue weighted by Crippen LogP contribution is -2.11. The van der Waals surface area contributed by atoms with Crippen LogP contribution >= 0.6 is 0 Å². The van der Waals surface area contributed by atoms with Crippen LogP contribution in [0.5, 0.6) is 0 Å². The highest BCUT2D eigenvalue weighted by atomic mass is 19.4. The maximum atomic E-state index is 12.9. The minimum absolute atomic E-state index is 0.0501. The maximum absolute atomic E-state index is 12.9. The first-order chi connectivity index (χ1) is 12.6. The Bertz CT molecular complexity index is 927. The fraction of sp³-hybridized carbons (Fsp3) is 0.125. The topological polar surface area (TPSA) is 56.5 Å². The highest BCUT2D eigenvalue weighted by molar-refractivity contribution is 5.60. The van der Waals surface area contributed by atoms with E-state index in [1.165, 1.54) is 18.5 Å². The summed E-state index contributed by atoms with van der Waals surface area (Å²) in [6.07, 6.45) is -4.38. The van der Waals surface area contributed by atoms with Gasteiger partial charge >= 0.3 is 12.4 Å². The van der Waals surface area contributed by atoms with E-state index in [0.29, 0.717) is 17.8 Å². The molecule has 1 aromatic carbocycles. The quantitative estimate of drug-likeness (QED) is 0.627. The molecule has 3 rings (SSSR count). The molecular formula is C16H9F6N5. The minimum atomic E-state index is -4.94. The molecule has 27 heavy (non-hydrogen) atoms. The molecule has 0 saturated heterocycles. The predicted molar refractivity (Wildman–Crippen MR) is 82.7 cm³/mol. The van der Waals surface area contributed by atoms with E-state index in [0.717, 1.165) is 11.0 Å². The maximum Gasteiger partial charge on any atom is 0.416 e. The van der Waals surface area contributed by atoms with Crippen molar-refractivity contribution >= 4 is 12.3 Å². The Hall–Kier alpha value is -3.24. The number of benzene rings is 1. The average molecular weight is 385 g/mol. The van der Waals surface area contributed by atoms with E-state index in [9.17, 15) is 26.3 Å². The molecule has 2 aromatic heterocycles. The van der Waals surface area contributed by atoms with Crippen LogP contribution in [0.4, 0.5) is 26.3 Å². The predicted octanol–water partition coefficient (Wildman–Crippen LogP) is 4.40. The molecule has 0 radical (unpaired) electrons. The fourth-order valence-electron chi connectivity index (χ4n) is 2.12. The number of rotatable bonds is 3. The van der Waals surface area contributed by atoms with Gasteiger partial charge < -0.3 is 0 Å². The third-order valence-electron chi connectivity index (χ3n) is 3.35. The summed E-state index contributed by atoms with van der Waals surface area (Å²) in [5.41, 5.74) is -2.78. The molecule has 3 aromatic rings. The zero-order valence-corrected chi connectivity index (χ0v) is 13.2. The molecule has 0 amide bonds. The number of aromatic nitrogens is 5. The molecule has 0 atom stereocenters. The second kappa shape index (κ2) is 6.82. The van der Waals surface area contributed by atoms with Gasteiger partial charge in [-0.3, -0.25) is 0 Å². The van der Waals surface area contributed by atoms with Gasteiger partial charge in [-0.15, -0.1) is 5.10 Å². The molecule has 2 heterocycles. The fourth-order valence-corrected chi connectivity index (χ4v) is 2.12. The number of nitrogens with zero attached hydrogens (tertiary/aromatic N) is 5. The van der Waals surface area contributed by atoms with E-state index in [1.807, 2.05) is 0 Å². The molecule has 0 fully saturated rings. The first-order valence-corrected chi connectivity index (χ1v) is 7.30. The van der Waals surface area contributed by atoms with Gasteiger partial charge in [-0.1, -0.05) is 0 Å². The van der Waals surface area contributed by atoms with Crippen molar-refractivity contribution in [3.05, 3.63) is 59.7 Å². The lowest BCUT2D eigenvalue weighted by molar-refractivity contribution is -0.143. The zero-order chi connectivity index (χ0) is 19.7. The van der Waals surface area contributed by atoms with Gasteiger partial charge in [0.15, 0.2) is 5.82 Å². The molecule has 0 saturated carbocycles. The average Bonchev–Trinajstić information content (AvgIpc) is 3.08. The normalized spacial score (nSPS) is 12.7. The van der Waals surface area contributed by atoms with Crippen LogP contribution in [0, 0.1) is 0 Å². The summed E-state index contributed by atoms with van der Waals surface area (Å²) in [5, 5.41) is 11.3. The highest BCUT2D eigenvalue weighted by Crippen LogP contribution is 2.37. The Morgan fingerprint density at radius 1 is 0.926 bits per heavy atom. The van der Waals surface area contributed by atoms with E-state index in [2.05, 4.69) is 20.3 Å². The number of halogens is 6. The Balaban J connectivity index is 1.97. The van der Waals surface area contributed by atoms with Crippen LogP contribution in [0.25, 0.3) is 23.7 Å². The lowest BCUT2D eigenvalue weighted by Gasteiger charge is -2.13. The molecule has 0 aliphatic heterocycles. The van der Waals surface area contributed by atoms with Gasteiger partial charge in [0.05, 0.1) is 16.8 Å². The van der Waals surface area contributed by atoms with Gasteiger partial charge in [-0.25, -0.2) is 9.67 Å². The van der Waals surface area contributed by atoms with E-state index >= 15 is 0 Å². The molecule has 0 bridgehead atoms. The van der Waals surface area contributed by atoms with Crippen molar-refractivity contribution in [2.45, 2.75) is 12.4 Å². The first-order valence-electron chi connectivity index (χ1n) is 7.30. The van der Waals surface area contributed by atoms with Gasteiger partial charge in [0.1, 0.15) is 6.33 Å². The molecule has 0 aliphatic carbocycles. The Labute approximate surface area is 148 Å². The number of alkyl halides is 6. The molecule has 140 valence electrons. The summed E-state index contributed by atoms with van der Waals surface area (Å²) in [6, 6.07) is 4.47. The Morgan fingerprint density at radius 3 is 2.15 bits per heavy atom. The summed E-state index contributed by atoms with van der Waals surface area (Å²) in [4.78, 5) is 3.77. The van der Waals surface area contributed by atoms with Gasteiger partial charge in [-0.2, -0.15) is 36.5 Å². The summed E-state index contributed by atoms with van der Waals surface area (Å²) in [7, 11) is 0. The van der Waals surface area contributed by atoms with Crippen molar-refractivity contribution in [2.24, 2.45) is 0 Å². The van der Waals surface area contributed by atoms with Crippen LogP contribution in [-0.2, 0) is 12.4 Å². The number of hydrogen-bond acceptors (Lipinski definition) is 4. The highest BCUT2D eigenvalue weighted by Gasteiger charge is 2.37. The summed E-state index contributed by atoms with van der Waals surface area (Å²) in [6.45, 7) is 0. The molecule has 0 N–H and O–H groups in total. The third-order valence-corrected chi connectivity index (χ3v) is 3.35. The lowest BCUT2D eigenvalue weighted by atomic mass is 10.0. The largest absolute Gasteiger partial charge is 0.416 e. The van der Waals surface area contributed by atoms with Crippen LogP contribution in [-0.4, -0.2) is 25.0 Å². The van der Waals surface area contributed by atoms with Crippen molar-refractivity contribution in [1.82, 2.24) is 25.0 Å². The zero-order valence-electron chi connectivity index (χ0n) is 13.2. The van der Waals surface area contributed by atoms with Crippen molar-refractivity contribution < 1.29 is 26.3 Å². The van der Waals surface area contributed by atoms with Crippen LogP contribution in [0.2, 0.25) is 0 Å². The molecule has 11 heteroatoms. The van der Waals surface area contributed by atoms with E-state index in [-0.39, 0.29) is 11.9 Å². The molecule has 0 aliphatic rings. The summed E-state index contributed by atoms with van der Waals surface area (Å²) >= 11 is 0. The van der Waals surface area contributed by atoms with Crippen molar-refractivity contribution in [1.29, 1.82) is 0 Å². The third kappa shape index (κ3) is 4.49. The van der Waals surface area contributed by atoms with Crippen LogP contribution in [0.15, 0.2) is 42.9 Å².